The van der Waals surface area contributed by atoms with Gasteiger partial charge in [-0.15, -0.1) is 0 Å². The van der Waals surface area contributed by atoms with Gasteiger partial charge in [-0.05, 0) is 60.7 Å². The third-order valence-corrected chi connectivity index (χ3v) is 7.33. The third-order valence-electron chi connectivity index (χ3n) is 7.33. The molecule has 0 unspecified atom stereocenters. The molecule has 9 heteroatoms. The van der Waals surface area contributed by atoms with E-state index in [1.165, 1.54) is 6.33 Å². The van der Waals surface area contributed by atoms with Gasteiger partial charge in [-0.25, -0.2) is 19.6 Å². The van der Waals surface area contributed by atoms with Crippen LogP contribution in [0.25, 0.3) is 49.9 Å². The van der Waals surface area contributed by atoms with E-state index in [0.29, 0.717) is 39.4 Å². The minimum Gasteiger partial charge on any atom is -0.441 e. The molecule has 0 spiro atoms. The Bertz CT molecular complexity index is 2170. The van der Waals surface area contributed by atoms with Gasteiger partial charge in [0.2, 0.25) is 0 Å². The molecular formula is C31H25N7O2. The van der Waals surface area contributed by atoms with Gasteiger partial charge in [0.15, 0.2) is 17.1 Å². The molecule has 0 aliphatic carbocycles. The highest BCUT2D eigenvalue weighted by atomic mass is 16.3. The van der Waals surface area contributed by atoms with Crippen molar-refractivity contribution in [1.29, 1.82) is 0 Å². The maximum Gasteiger partial charge on any atom is 0.263 e. The number of nitrogen functional groups attached to an aromatic ring is 1. The zero-order chi connectivity index (χ0) is 27.5. The lowest BCUT2D eigenvalue weighted by Gasteiger charge is -2.17. The number of fused-ring (bicyclic) bond motifs is 3. The van der Waals surface area contributed by atoms with Crippen molar-refractivity contribution < 1.29 is 4.42 Å². The van der Waals surface area contributed by atoms with Crippen molar-refractivity contribution in [3.8, 4) is 16.9 Å². The highest BCUT2D eigenvalue weighted by Crippen LogP contribution is 2.33. The van der Waals surface area contributed by atoms with Crippen LogP contribution in [0.1, 0.15) is 22.7 Å². The van der Waals surface area contributed by atoms with Crippen LogP contribution in [0.4, 0.5) is 5.82 Å². The van der Waals surface area contributed by atoms with Gasteiger partial charge >= 0.3 is 0 Å². The SMILES string of the molecule is Cc1nc2cc(-c3nn(Cc4cc5cccc(C)c5c(=O)n4-c4ccccc4C)c4ncnc(N)c34)ccc2o1. The Morgan fingerprint density at radius 2 is 1.73 bits per heavy atom. The Morgan fingerprint density at radius 1 is 0.900 bits per heavy atom. The number of hydrogen-bond acceptors (Lipinski definition) is 7. The molecule has 0 radical (unpaired) electrons. The molecule has 40 heavy (non-hydrogen) atoms. The summed E-state index contributed by atoms with van der Waals surface area (Å²) in [7, 11) is 0. The predicted molar refractivity (Wildman–Crippen MR) is 156 cm³/mol. The van der Waals surface area contributed by atoms with Crippen LogP contribution in [0.3, 0.4) is 0 Å². The van der Waals surface area contributed by atoms with Crippen LogP contribution >= 0.6 is 0 Å². The predicted octanol–water partition coefficient (Wildman–Crippen LogP) is 5.49. The Labute approximate surface area is 228 Å². The largest absolute Gasteiger partial charge is 0.441 e. The minimum atomic E-state index is -0.0717. The molecule has 9 nitrogen and oxygen atoms in total. The summed E-state index contributed by atoms with van der Waals surface area (Å²) in [6.45, 7) is 6.07. The van der Waals surface area contributed by atoms with Gasteiger partial charge < -0.3 is 10.2 Å². The number of hydrogen-bond donors (Lipinski definition) is 1. The van der Waals surface area contributed by atoms with Crippen molar-refractivity contribution in [2.24, 2.45) is 0 Å². The first-order chi connectivity index (χ1) is 19.4. The van der Waals surface area contributed by atoms with Crippen molar-refractivity contribution in [3.63, 3.8) is 0 Å². The number of rotatable bonds is 4. The van der Waals surface area contributed by atoms with Gasteiger partial charge in [0, 0.05) is 18.2 Å². The van der Waals surface area contributed by atoms with E-state index in [0.717, 1.165) is 39.0 Å². The van der Waals surface area contributed by atoms with E-state index in [1.807, 2.05) is 81.4 Å². The van der Waals surface area contributed by atoms with E-state index in [4.69, 9.17) is 15.2 Å². The summed E-state index contributed by atoms with van der Waals surface area (Å²) >= 11 is 0. The molecule has 0 amide bonds. The third kappa shape index (κ3) is 3.66. The van der Waals surface area contributed by atoms with Crippen LogP contribution in [0.15, 0.2) is 82.3 Å². The Balaban J connectivity index is 1.47. The van der Waals surface area contributed by atoms with E-state index in [9.17, 15) is 4.79 Å². The summed E-state index contributed by atoms with van der Waals surface area (Å²) in [5.74, 6) is 0.916. The Kier molecular flexibility index (Phi) is 5.28. The second kappa shape index (κ2) is 8.88. The number of nitrogens with two attached hydrogens (primary N) is 1. The average molecular weight is 528 g/mol. The fourth-order valence-electron chi connectivity index (χ4n) is 5.47. The van der Waals surface area contributed by atoms with Crippen LogP contribution in [0.5, 0.6) is 0 Å². The van der Waals surface area contributed by atoms with Crippen LogP contribution in [0.2, 0.25) is 0 Å². The molecule has 4 aromatic heterocycles. The second-order valence-corrected chi connectivity index (χ2v) is 9.98. The molecule has 0 fully saturated rings. The summed E-state index contributed by atoms with van der Waals surface area (Å²) < 4.78 is 9.22. The van der Waals surface area contributed by atoms with E-state index < -0.39 is 0 Å². The fraction of sp³-hybridized carbons (Fsp3) is 0.129. The number of pyridine rings is 1. The van der Waals surface area contributed by atoms with Crippen LogP contribution < -0.4 is 11.3 Å². The maximum atomic E-state index is 14.1. The lowest BCUT2D eigenvalue weighted by atomic mass is 10.1. The van der Waals surface area contributed by atoms with E-state index in [2.05, 4.69) is 21.0 Å². The molecule has 0 atom stereocenters. The van der Waals surface area contributed by atoms with E-state index >= 15 is 0 Å². The van der Waals surface area contributed by atoms with Gasteiger partial charge in [0.05, 0.1) is 23.0 Å². The fourth-order valence-corrected chi connectivity index (χ4v) is 5.47. The summed E-state index contributed by atoms with van der Waals surface area (Å²) in [5, 5.41) is 7.19. The maximum absolute atomic E-state index is 14.1. The number of anilines is 1. The number of aromatic nitrogens is 6. The first-order valence-electron chi connectivity index (χ1n) is 12.9. The van der Waals surface area contributed by atoms with Crippen molar-refractivity contribution in [2.75, 3.05) is 5.73 Å². The van der Waals surface area contributed by atoms with Gasteiger partial charge in [-0.2, -0.15) is 5.10 Å². The molecule has 0 saturated heterocycles. The monoisotopic (exact) mass is 527 g/mol. The molecule has 7 aromatic rings. The Morgan fingerprint density at radius 3 is 2.58 bits per heavy atom. The molecule has 196 valence electrons. The highest BCUT2D eigenvalue weighted by molar-refractivity contribution is 5.99. The van der Waals surface area contributed by atoms with Crippen LogP contribution in [-0.2, 0) is 6.54 Å². The molecule has 0 aliphatic rings. The van der Waals surface area contributed by atoms with Crippen LogP contribution in [0, 0.1) is 20.8 Å². The molecule has 4 heterocycles. The molecule has 0 saturated carbocycles. The second-order valence-electron chi connectivity index (χ2n) is 9.98. The number of para-hydroxylation sites is 1. The minimum absolute atomic E-state index is 0.0717. The molecule has 0 aliphatic heterocycles. The summed E-state index contributed by atoms with van der Waals surface area (Å²) in [4.78, 5) is 27.3. The number of aryl methyl sites for hydroxylation is 3. The standard InChI is InChI=1S/C31H25N7O2/c1-17-7-4-5-10-24(17)38-22(13-20-9-6-8-18(2)26(20)31(38)39)15-37-30-27(29(32)33-16-34-30)28(36-37)21-11-12-25-23(14-21)35-19(3)40-25/h4-14,16H,15H2,1-3H3,(H2,32,33,34). The van der Waals surface area contributed by atoms with Crippen molar-refractivity contribution in [2.45, 2.75) is 27.3 Å². The smallest absolute Gasteiger partial charge is 0.263 e. The molecule has 2 N–H and O–H groups in total. The average Bonchev–Trinajstić information content (AvgIpc) is 3.49. The Hall–Kier alpha value is -5.31. The van der Waals surface area contributed by atoms with Crippen molar-refractivity contribution in [1.82, 2.24) is 29.3 Å². The lowest BCUT2D eigenvalue weighted by molar-refractivity contribution is 0.561. The van der Waals surface area contributed by atoms with Crippen LogP contribution in [-0.4, -0.2) is 29.3 Å². The van der Waals surface area contributed by atoms with Crippen molar-refractivity contribution >= 4 is 38.7 Å². The quantitative estimate of drug-likeness (QED) is 0.321. The zero-order valence-electron chi connectivity index (χ0n) is 22.2. The van der Waals surface area contributed by atoms with Gasteiger partial charge in [0.1, 0.15) is 23.4 Å². The number of oxazole rings is 1. The summed E-state index contributed by atoms with van der Waals surface area (Å²) in [5.41, 5.74) is 13.3. The molecule has 3 aromatic carbocycles. The van der Waals surface area contributed by atoms with Gasteiger partial charge in [-0.1, -0.05) is 36.4 Å². The summed E-state index contributed by atoms with van der Waals surface area (Å²) in [6, 6.07) is 21.6. The van der Waals surface area contributed by atoms with Gasteiger partial charge in [0.25, 0.3) is 5.56 Å². The first-order valence-corrected chi connectivity index (χ1v) is 12.9. The zero-order valence-corrected chi connectivity index (χ0v) is 22.2. The van der Waals surface area contributed by atoms with E-state index in [-0.39, 0.29) is 12.1 Å². The molecular weight excluding hydrogens is 502 g/mol. The topological polar surface area (TPSA) is 118 Å². The lowest BCUT2D eigenvalue weighted by Crippen LogP contribution is -2.25. The number of nitrogens with zero attached hydrogens (tertiary/aromatic N) is 6. The first kappa shape index (κ1) is 23.8. The normalized spacial score (nSPS) is 11.7. The molecule has 0 bridgehead atoms. The van der Waals surface area contributed by atoms with Crippen molar-refractivity contribution in [3.05, 3.63) is 106 Å². The van der Waals surface area contributed by atoms with E-state index in [1.54, 1.807) is 9.25 Å². The number of benzene rings is 3. The highest BCUT2D eigenvalue weighted by Gasteiger charge is 2.21. The van der Waals surface area contributed by atoms with Gasteiger partial charge in [-0.3, -0.25) is 9.36 Å². The molecule has 7 rings (SSSR count). The summed E-state index contributed by atoms with van der Waals surface area (Å²) in [6.07, 6.45) is 1.43.